The van der Waals surface area contributed by atoms with Crippen molar-refractivity contribution in [3.05, 3.63) is 24.3 Å². The number of sulfonamides is 1. The third kappa shape index (κ3) is 3.44. The summed E-state index contributed by atoms with van der Waals surface area (Å²) in [5.41, 5.74) is 0.800. The first kappa shape index (κ1) is 14.9. The van der Waals surface area contributed by atoms with E-state index in [0.717, 1.165) is 12.1 Å². The summed E-state index contributed by atoms with van der Waals surface area (Å²) in [5, 5.41) is 12.2. The summed E-state index contributed by atoms with van der Waals surface area (Å²) in [4.78, 5) is 0.259. The highest BCUT2D eigenvalue weighted by molar-refractivity contribution is 7.89. The number of rotatable bonds is 6. The maximum atomic E-state index is 11.8. The van der Waals surface area contributed by atoms with E-state index in [0.29, 0.717) is 0 Å². The van der Waals surface area contributed by atoms with Crippen LogP contribution in [0.15, 0.2) is 29.2 Å². The predicted molar refractivity (Wildman–Crippen MR) is 72.1 cm³/mol. The molecule has 1 rings (SSSR count). The van der Waals surface area contributed by atoms with Crippen LogP contribution < -0.4 is 5.32 Å². The SMILES string of the molecule is CCC(CO)Nc1ccc(S(=O)(=O)N(C)C)cc1. The molecule has 102 valence electrons. The van der Waals surface area contributed by atoms with Gasteiger partial charge in [0, 0.05) is 25.8 Å². The third-order valence-electron chi connectivity index (χ3n) is 2.72. The Hall–Kier alpha value is -1.11. The van der Waals surface area contributed by atoms with Crippen LogP contribution >= 0.6 is 0 Å². The fourth-order valence-electron chi connectivity index (χ4n) is 1.45. The molecule has 0 aliphatic rings. The predicted octanol–water partition coefficient (Wildman–Crippen LogP) is 1.12. The van der Waals surface area contributed by atoms with Gasteiger partial charge in [-0.2, -0.15) is 0 Å². The number of benzene rings is 1. The van der Waals surface area contributed by atoms with Crippen LogP contribution in [0.2, 0.25) is 0 Å². The summed E-state index contributed by atoms with van der Waals surface area (Å²) in [5.74, 6) is 0. The molecule has 1 unspecified atom stereocenters. The van der Waals surface area contributed by atoms with Gasteiger partial charge in [-0.1, -0.05) is 6.92 Å². The summed E-state index contributed by atoms with van der Waals surface area (Å²) >= 11 is 0. The summed E-state index contributed by atoms with van der Waals surface area (Å²) in [6.07, 6.45) is 0.800. The lowest BCUT2D eigenvalue weighted by atomic mass is 10.2. The molecule has 0 aliphatic heterocycles. The van der Waals surface area contributed by atoms with Gasteiger partial charge in [-0.25, -0.2) is 12.7 Å². The molecule has 5 nitrogen and oxygen atoms in total. The van der Waals surface area contributed by atoms with E-state index in [4.69, 9.17) is 5.11 Å². The monoisotopic (exact) mass is 272 g/mol. The first-order valence-corrected chi connectivity index (χ1v) is 7.25. The number of nitrogens with zero attached hydrogens (tertiary/aromatic N) is 1. The Bertz CT molecular complexity index is 465. The molecule has 18 heavy (non-hydrogen) atoms. The van der Waals surface area contributed by atoms with Gasteiger partial charge in [-0.05, 0) is 30.7 Å². The van der Waals surface area contributed by atoms with Crippen molar-refractivity contribution in [3.8, 4) is 0 Å². The smallest absolute Gasteiger partial charge is 0.242 e. The Morgan fingerprint density at radius 1 is 1.28 bits per heavy atom. The van der Waals surface area contributed by atoms with Crippen LogP contribution in [0.25, 0.3) is 0 Å². The van der Waals surface area contributed by atoms with Gasteiger partial charge in [0.2, 0.25) is 10.0 Å². The minimum atomic E-state index is -3.38. The lowest BCUT2D eigenvalue weighted by Crippen LogP contribution is -2.23. The lowest BCUT2D eigenvalue weighted by molar-refractivity contribution is 0.272. The van der Waals surface area contributed by atoms with Crippen LogP contribution in [0, 0.1) is 0 Å². The van der Waals surface area contributed by atoms with Crippen LogP contribution in [0.3, 0.4) is 0 Å². The number of hydrogen-bond donors (Lipinski definition) is 2. The fourth-order valence-corrected chi connectivity index (χ4v) is 2.35. The Kier molecular flexibility index (Phi) is 5.13. The first-order chi connectivity index (χ1) is 8.41. The van der Waals surface area contributed by atoms with Gasteiger partial charge in [0.1, 0.15) is 0 Å². The zero-order valence-corrected chi connectivity index (χ0v) is 11.7. The molecule has 0 aliphatic carbocycles. The minimum Gasteiger partial charge on any atom is -0.394 e. The molecule has 1 atom stereocenters. The van der Waals surface area contributed by atoms with Crippen LogP contribution in [-0.4, -0.2) is 44.6 Å². The Morgan fingerprint density at radius 3 is 2.22 bits per heavy atom. The highest BCUT2D eigenvalue weighted by Gasteiger charge is 2.16. The molecule has 0 radical (unpaired) electrons. The summed E-state index contributed by atoms with van der Waals surface area (Å²) in [7, 11) is -0.376. The maximum absolute atomic E-state index is 11.8. The van der Waals surface area contributed by atoms with Crippen molar-refractivity contribution in [1.82, 2.24) is 4.31 Å². The van der Waals surface area contributed by atoms with Gasteiger partial charge >= 0.3 is 0 Å². The van der Waals surface area contributed by atoms with Crippen LogP contribution in [0.1, 0.15) is 13.3 Å². The number of hydrogen-bond acceptors (Lipinski definition) is 4. The molecule has 0 saturated carbocycles. The Labute approximate surface area is 108 Å². The van der Waals surface area contributed by atoms with E-state index in [2.05, 4.69) is 5.32 Å². The van der Waals surface area contributed by atoms with Gasteiger partial charge < -0.3 is 10.4 Å². The average molecular weight is 272 g/mol. The highest BCUT2D eigenvalue weighted by atomic mass is 32.2. The number of nitrogens with one attached hydrogen (secondary N) is 1. The second kappa shape index (κ2) is 6.17. The zero-order chi connectivity index (χ0) is 13.8. The van der Waals surface area contributed by atoms with Crippen molar-refractivity contribution in [2.45, 2.75) is 24.3 Å². The second-order valence-corrected chi connectivity index (χ2v) is 6.40. The molecule has 2 N–H and O–H groups in total. The van der Waals surface area contributed by atoms with Crippen LogP contribution in [0.4, 0.5) is 5.69 Å². The van der Waals surface area contributed by atoms with Gasteiger partial charge in [0.25, 0.3) is 0 Å². The molecule has 0 heterocycles. The van der Waals surface area contributed by atoms with Gasteiger partial charge in [-0.15, -0.1) is 0 Å². The van der Waals surface area contributed by atoms with Crippen molar-refractivity contribution in [3.63, 3.8) is 0 Å². The first-order valence-electron chi connectivity index (χ1n) is 5.81. The van der Waals surface area contributed by atoms with E-state index in [1.807, 2.05) is 6.92 Å². The van der Waals surface area contributed by atoms with Gasteiger partial charge in [-0.3, -0.25) is 0 Å². The zero-order valence-electron chi connectivity index (χ0n) is 10.9. The normalized spacial score (nSPS) is 13.6. The molecule has 0 spiro atoms. The van der Waals surface area contributed by atoms with Gasteiger partial charge in [0.15, 0.2) is 0 Å². The maximum Gasteiger partial charge on any atom is 0.242 e. The molecule has 0 fully saturated rings. The molecule has 0 amide bonds. The van der Waals surface area contributed by atoms with E-state index >= 15 is 0 Å². The number of aliphatic hydroxyl groups excluding tert-OH is 1. The van der Waals surface area contributed by atoms with Crippen molar-refractivity contribution in [1.29, 1.82) is 0 Å². The van der Waals surface area contributed by atoms with Crippen molar-refractivity contribution in [2.24, 2.45) is 0 Å². The van der Waals surface area contributed by atoms with Crippen LogP contribution in [-0.2, 0) is 10.0 Å². The third-order valence-corrected chi connectivity index (χ3v) is 4.55. The summed E-state index contributed by atoms with van der Waals surface area (Å²) < 4.78 is 24.9. The van der Waals surface area contributed by atoms with E-state index in [1.165, 1.54) is 18.4 Å². The van der Waals surface area contributed by atoms with E-state index in [-0.39, 0.29) is 17.5 Å². The standard InChI is InChI=1S/C12H20N2O3S/c1-4-10(9-15)13-11-5-7-12(8-6-11)18(16,17)14(2)3/h5-8,10,13,15H,4,9H2,1-3H3. The fraction of sp³-hybridized carbons (Fsp3) is 0.500. The molecular formula is C12H20N2O3S. The van der Waals surface area contributed by atoms with Gasteiger partial charge in [0.05, 0.1) is 11.5 Å². The number of aliphatic hydroxyl groups is 1. The van der Waals surface area contributed by atoms with Crippen molar-refractivity contribution >= 4 is 15.7 Å². The van der Waals surface area contributed by atoms with E-state index in [9.17, 15) is 8.42 Å². The minimum absolute atomic E-state index is 0.0127. The highest BCUT2D eigenvalue weighted by Crippen LogP contribution is 2.17. The summed E-state index contributed by atoms with van der Waals surface area (Å²) in [6, 6.07) is 6.51. The van der Waals surface area contributed by atoms with E-state index in [1.54, 1.807) is 24.3 Å². The summed E-state index contributed by atoms with van der Waals surface area (Å²) in [6.45, 7) is 2.02. The second-order valence-electron chi connectivity index (χ2n) is 4.24. The molecule has 0 bridgehead atoms. The van der Waals surface area contributed by atoms with Crippen LogP contribution in [0.5, 0.6) is 0 Å². The molecule has 1 aromatic carbocycles. The lowest BCUT2D eigenvalue weighted by Gasteiger charge is -2.16. The molecular weight excluding hydrogens is 252 g/mol. The van der Waals surface area contributed by atoms with E-state index < -0.39 is 10.0 Å². The molecule has 0 aromatic heterocycles. The van der Waals surface area contributed by atoms with Crippen molar-refractivity contribution < 1.29 is 13.5 Å². The van der Waals surface area contributed by atoms with Crippen molar-refractivity contribution in [2.75, 3.05) is 26.0 Å². The molecule has 6 heteroatoms. The average Bonchev–Trinajstić information content (AvgIpc) is 2.36. The quantitative estimate of drug-likeness (QED) is 0.814. The number of anilines is 1. The molecule has 0 saturated heterocycles. The molecule has 1 aromatic rings. The Morgan fingerprint density at radius 2 is 1.83 bits per heavy atom. The Balaban J connectivity index is 2.87. The largest absolute Gasteiger partial charge is 0.394 e. The topological polar surface area (TPSA) is 69.6 Å².